The molecule has 1 aromatic heterocycles. The molecule has 0 fully saturated rings. The number of nitrogens with zero attached hydrogens (tertiary/aromatic N) is 3. The van der Waals surface area contributed by atoms with Gasteiger partial charge in [-0.2, -0.15) is 0 Å². The van der Waals surface area contributed by atoms with Crippen LogP contribution in [0, 0.1) is 0 Å². The second kappa shape index (κ2) is 8.19. The van der Waals surface area contributed by atoms with Crippen LogP contribution in [0.2, 0.25) is 0 Å². The van der Waals surface area contributed by atoms with Crippen molar-refractivity contribution in [3.05, 3.63) is 90.0 Å². The Morgan fingerprint density at radius 3 is 1.78 bits per heavy atom. The second-order valence-corrected chi connectivity index (χ2v) is 7.29. The topological polar surface area (TPSA) is 30.7 Å². The fourth-order valence-electron chi connectivity index (χ4n) is 2.86. The van der Waals surface area contributed by atoms with Crippen molar-refractivity contribution in [3.63, 3.8) is 0 Å². The van der Waals surface area contributed by atoms with Gasteiger partial charge in [0.25, 0.3) is 0 Å². The van der Waals surface area contributed by atoms with E-state index in [2.05, 4.69) is 80.4 Å². The van der Waals surface area contributed by atoms with E-state index >= 15 is 0 Å². The molecule has 4 aromatic rings. The molecule has 0 amide bonds. The van der Waals surface area contributed by atoms with Gasteiger partial charge >= 0.3 is 0 Å². The van der Waals surface area contributed by atoms with E-state index in [1.807, 2.05) is 35.0 Å². The molecule has 1 heterocycles. The summed E-state index contributed by atoms with van der Waals surface area (Å²) in [7, 11) is 0. The lowest BCUT2D eigenvalue weighted by Crippen LogP contribution is -1.99. The predicted octanol–water partition coefficient (Wildman–Crippen LogP) is 6.39. The molecule has 3 nitrogen and oxygen atoms in total. The molecular weight excluding hydrogens is 466 g/mol. The van der Waals surface area contributed by atoms with Gasteiger partial charge < -0.3 is 0 Å². The number of aromatic nitrogens is 3. The van der Waals surface area contributed by atoms with Crippen molar-refractivity contribution >= 4 is 31.9 Å². The van der Waals surface area contributed by atoms with Crippen LogP contribution in [0.15, 0.2) is 78.9 Å². The van der Waals surface area contributed by atoms with Crippen LogP contribution < -0.4 is 0 Å². The summed E-state index contributed by atoms with van der Waals surface area (Å²) in [6.45, 7) is 0. The molecule has 3 aromatic carbocycles. The Hall–Kier alpha value is -2.24. The maximum atomic E-state index is 4.87. The van der Waals surface area contributed by atoms with E-state index in [9.17, 15) is 0 Å². The van der Waals surface area contributed by atoms with E-state index in [0.717, 1.165) is 39.1 Å². The van der Waals surface area contributed by atoms with Crippen molar-refractivity contribution in [1.82, 2.24) is 14.8 Å². The van der Waals surface area contributed by atoms with Crippen molar-refractivity contribution in [3.8, 4) is 28.5 Å². The van der Waals surface area contributed by atoms with Gasteiger partial charge in [0.05, 0.1) is 5.69 Å². The molecular formula is C22H17Br2N3. The van der Waals surface area contributed by atoms with Crippen molar-refractivity contribution in [1.29, 1.82) is 0 Å². The van der Waals surface area contributed by atoms with Crippen LogP contribution in [0.5, 0.6) is 0 Å². The third kappa shape index (κ3) is 3.89. The SMILES string of the molecule is BrCc1ccc(-c2nc(-c3ccc(CBr)cc3)n(-c3ccccc3)n2)cc1. The minimum atomic E-state index is 0.722. The molecule has 0 bridgehead atoms. The first-order valence-corrected chi connectivity index (χ1v) is 10.9. The number of para-hydroxylation sites is 1. The third-order valence-corrected chi connectivity index (χ3v) is 5.64. The van der Waals surface area contributed by atoms with Crippen LogP contribution in [-0.2, 0) is 10.7 Å². The van der Waals surface area contributed by atoms with Crippen LogP contribution in [0.1, 0.15) is 11.1 Å². The van der Waals surface area contributed by atoms with E-state index in [-0.39, 0.29) is 0 Å². The summed E-state index contributed by atoms with van der Waals surface area (Å²) in [6.07, 6.45) is 0. The number of hydrogen-bond acceptors (Lipinski definition) is 2. The van der Waals surface area contributed by atoms with Crippen molar-refractivity contribution < 1.29 is 0 Å². The highest BCUT2D eigenvalue weighted by atomic mass is 79.9. The van der Waals surface area contributed by atoms with Crippen LogP contribution >= 0.6 is 31.9 Å². The van der Waals surface area contributed by atoms with Crippen molar-refractivity contribution in [2.75, 3.05) is 0 Å². The minimum Gasteiger partial charge on any atom is -0.213 e. The summed E-state index contributed by atoms with van der Waals surface area (Å²) < 4.78 is 1.91. The van der Waals surface area contributed by atoms with Gasteiger partial charge in [0, 0.05) is 21.8 Å². The lowest BCUT2D eigenvalue weighted by Gasteiger charge is -2.06. The molecule has 27 heavy (non-hydrogen) atoms. The first-order valence-electron chi connectivity index (χ1n) is 8.61. The molecule has 0 aliphatic heterocycles. The summed E-state index contributed by atoms with van der Waals surface area (Å²) in [5.41, 5.74) is 5.50. The average Bonchev–Trinajstić information content (AvgIpc) is 3.20. The number of alkyl halides is 2. The predicted molar refractivity (Wildman–Crippen MR) is 117 cm³/mol. The normalized spacial score (nSPS) is 10.9. The van der Waals surface area contributed by atoms with E-state index in [4.69, 9.17) is 10.1 Å². The molecule has 0 atom stereocenters. The van der Waals surface area contributed by atoms with Crippen molar-refractivity contribution in [2.24, 2.45) is 0 Å². The number of benzene rings is 3. The van der Waals surface area contributed by atoms with Gasteiger partial charge in [0.1, 0.15) is 0 Å². The standard InChI is InChI=1S/C22H17Br2N3/c23-14-16-6-10-18(11-7-16)21-25-22(19-12-8-17(15-24)9-13-19)27(26-21)20-4-2-1-3-5-20/h1-13H,14-15H2. The first-order chi connectivity index (χ1) is 13.3. The maximum Gasteiger partial charge on any atom is 0.182 e. The molecule has 0 spiro atoms. The van der Waals surface area contributed by atoms with E-state index in [1.165, 1.54) is 11.1 Å². The van der Waals surface area contributed by atoms with Gasteiger partial charge in [-0.1, -0.05) is 98.6 Å². The lowest BCUT2D eigenvalue weighted by molar-refractivity contribution is 0.890. The third-order valence-electron chi connectivity index (χ3n) is 4.34. The molecule has 5 heteroatoms. The van der Waals surface area contributed by atoms with Gasteiger partial charge in [-0.25, -0.2) is 9.67 Å². The highest BCUT2D eigenvalue weighted by Gasteiger charge is 2.15. The van der Waals surface area contributed by atoms with E-state index in [0.29, 0.717) is 0 Å². The summed E-state index contributed by atoms with van der Waals surface area (Å²) in [6, 6.07) is 26.9. The van der Waals surface area contributed by atoms with Crippen LogP contribution in [0.25, 0.3) is 28.5 Å². The zero-order chi connectivity index (χ0) is 18.6. The zero-order valence-electron chi connectivity index (χ0n) is 14.5. The van der Waals surface area contributed by atoms with E-state index < -0.39 is 0 Å². The van der Waals surface area contributed by atoms with Gasteiger partial charge in [0.2, 0.25) is 0 Å². The van der Waals surface area contributed by atoms with Crippen molar-refractivity contribution in [2.45, 2.75) is 10.7 Å². The summed E-state index contributed by atoms with van der Waals surface area (Å²) in [4.78, 5) is 4.87. The molecule has 0 aliphatic carbocycles. The molecule has 134 valence electrons. The Morgan fingerprint density at radius 1 is 0.667 bits per heavy atom. The summed E-state index contributed by atoms with van der Waals surface area (Å²) in [5.74, 6) is 1.56. The largest absolute Gasteiger partial charge is 0.213 e. The highest BCUT2D eigenvalue weighted by molar-refractivity contribution is 9.08. The Bertz CT molecular complexity index is 1020. The smallest absolute Gasteiger partial charge is 0.182 e. The summed E-state index contributed by atoms with van der Waals surface area (Å²) in [5, 5.41) is 6.48. The number of rotatable bonds is 5. The Balaban J connectivity index is 1.83. The molecule has 0 saturated heterocycles. The number of halogens is 2. The molecule has 0 aliphatic rings. The molecule has 0 N–H and O–H groups in total. The van der Waals surface area contributed by atoms with Crippen LogP contribution in [0.3, 0.4) is 0 Å². The van der Waals surface area contributed by atoms with Gasteiger partial charge in [-0.3, -0.25) is 0 Å². The fraction of sp³-hybridized carbons (Fsp3) is 0.0909. The summed E-state index contributed by atoms with van der Waals surface area (Å²) >= 11 is 6.99. The van der Waals surface area contributed by atoms with E-state index in [1.54, 1.807) is 0 Å². The monoisotopic (exact) mass is 481 g/mol. The zero-order valence-corrected chi connectivity index (χ0v) is 17.7. The Morgan fingerprint density at radius 2 is 1.22 bits per heavy atom. The molecule has 4 rings (SSSR count). The molecule has 0 saturated carbocycles. The van der Waals surface area contributed by atoms with Gasteiger partial charge in [-0.15, -0.1) is 5.10 Å². The van der Waals surface area contributed by atoms with Gasteiger partial charge in [-0.05, 0) is 23.3 Å². The molecule has 0 radical (unpaired) electrons. The number of hydrogen-bond donors (Lipinski definition) is 0. The van der Waals surface area contributed by atoms with Gasteiger partial charge in [0.15, 0.2) is 11.6 Å². The Labute approximate surface area is 175 Å². The average molecular weight is 483 g/mol. The first kappa shape index (κ1) is 18.1. The second-order valence-electron chi connectivity index (χ2n) is 6.17. The quantitative estimate of drug-likeness (QED) is 0.308. The van der Waals surface area contributed by atoms with Crippen LogP contribution in [0.4, 0.5) is 0 Å². The van der Waals surface area contributed by atoms with Crippen LogP contribution in [-0.4, -0.2) is 14.8 Å². The molecule has 0 unspecified atom stereocenters. The maximum absolute atomic E-state index is 4.87. The lowest BCUT2D eigenvalue weighted by atomic mass is 10.1. The highest BCUT2D eigenvalue weighted by Crippen LogP contribution is 2.26. The minimum absolute atomic E-state index is 0.722. The fourth-order valence-corrected chi connectivity index (χ4v) is 3.60. The Kier molecular flexibility index (Phi) is 5.50.